The van der Waals surface area contributed by atoms with Crippen molar-refractivity contribution in [1.82, 2.24) is 20.7 Å². The number of carbonyl (C=O) groups excluding carboxylic acids is 3. The van der Waals surface area contributed by atoms with Crippen LogP contribution in [-0.4, -0.2) is 83.5 Å². The lowest BCUT2D eigenvalue weighted by Crippen LogP contribution is -2.50. The first-order valence-electron chi connectivity index (χ1n) is 14.0. The van der Waals surface area contributed by atoms with Crippen LogP contribution < -0.4 is 16.0 Å². The molecule has 4 N–H and O–H groups in total. The average molecular weight is 586 g/mol. The lowest BCUT2D eigenvalue weighted by Gasteiger charge is -2.22. The molecule has 0 saturated carbocycles. The summed E-state index contributed by atoms with van der Waals surface area (Å²) in [5.74, 6) is -1.86. The van der Waals surface area contributed by atoms with Crippen LogP contribution in [0.2, 0.25) is 0 Å². The number of aromatic nitrogens is 1. The van der Waals surface area contributed by atoms with Crippen LogP contribution in [0.1, 0.15) is 38.7 Å². The summed E-state index contributed by atoms with van der Waals surface area (Å²) in [5.41, 5.74) is 0.816. The van der Waals surface area contributed by atoms with Gasteiger partial charge in [-0.1, -0.05) is 56.7 Å². The predicted octanol–water partition coefficient (Wildman–Crippen LogP) is 2.34. The minimum absolute atomic E-state index is 0.0553. The Morgan fingerprint density at radius 1 is 1.12 bits per heavy atom. The molecule has 4 unspecified atom stereocenters. The molecule has 3 rings (SSSR count). The van der Waals surface area contributed by atoms with E-state index in [1.807, 2.05) is 49.4 Å². The Kier molecular flexibility index (Phi) is 13.0. The summed E-state index contributed by atoms with van der Waals surface area (Å²) in [6, 6.07) is 13.1. The summed E-state index contributed by atoms with van der Waals surface area (Å²) in [6.45, 7) is 3.65. The maximum absolute atomic E-state index is 12.4. The third-order valence-electron chi connectivity index (χ3n) is 6.64. The number of nitrogens with zero attached hydrogens (tertiary/aromatic N) is 2. The third kappa shape index (κ3) is 11.0. The SMILES string of the molecule is CCCC(C)C(=O)NC(CNC(=O)COC1CC(CNc2ccccn2)N(OC(=O)OCc2ccccc2)C1)C(=O)O. The molecular formula is C29H39N5O8. The molecule has 1 aliphatic heterocycles. The van der Waals surface area contributed by atoms with Gasteiger partial charge < -0.3 is 35.4 Å². The van der Waals surface area contributed by atoms with Crippen molar-refractivity contribution < 1.29 is 38.6 Å². The van der Waals surface area contributed by atoms with E-state index in [4.69, 9.17) is 14.3 Å². The molecule has 1 aromatic heterocycles. The summed E-state index contributed by atoms with van der Waals surface area (Å²) in [5, 5.41) is 19.1. The third-order valence-corrected chi connectivity index (χ3v) is 6.64. The van der Waals surface area contributed by atoms with Gasteiger partial charge in [0.2, 0.25) is 11.8 Å². The van der Waals surface area contributed by atoms with Crippen molar-refractivity contribution in [2.45, 2.75) is 57.9 Å². The maximum Gasteiger partial charge on any atom is 0.528 e. The van der Waals surface area contributed by atoms with Gasteiger partial charge in [-0.05, 0) is 30.5 Å². The number of rotatable bonds is 16. The van der Waals surface area contributed by atoms with Crippen LogP contribution in [0.15, 0.2) is 54.7 Å². The first-order chi connectivity index (χ1) is 20.2. The van der Waals surface area contributed by atoms with Gasteiger partial charge in [-0.25, -0.2) is 14.6 Å². The number of aliphatic carboxylic acids is 1. The molecule has 2 amide bonds. The Labute approximate surface area is 244 Å². The molecule has 0 radical (unpaired) electrons. The molecule has 1 fully saturated rings. The van der Waals surface area contributed by atoms with Crippen LogP contribution in [0, 0.1) is 5.92 Å². The molecule has 0 spiro atoms. The Morgan fingerprint density at radius 2 is 1.88 bits per heavy atom. The summed E-state index contributed by atoms with van der Waals surface area (Å²) in [6.07, 6.45) is 2.18. The van der Waals surface area contributed by atoms with Crippen molar-refractivity contribution in [3.63, 3.8) is 0 Å². The minimum atomic E-state index is -1.26. The first kappa shape index (κ1) is 32.3. The number of carboxylic acids is 1. The van der Waals surface area contributed by atoms with Gasteiger partial charge in [0.1, 0.15) is 25.1 Å². The van der Waals surface area contributed by atoms with E-state index in [1.165, 1.54) is 5.06 Å². The molecule has 1 aromatic carbocycles. The van der Waals surface area contributed by atoms with Crippen molar-refractivity contribution in [3.05, 3.63) is 60.3 Å². The summed E-state index contributed by atoms with van der Waals surface area (Å²) in [4.78, 5) is 58.4. The largest absolute Gasteiger partial charge is 0.528 e. The molecule has 4 atom stereocenters. The smallest absolute Gasteiger partial charge is 0.480 e. The topological polar surface area (TPSA) is 168 Å². The van der Waals surface area contributed by atoms with E-state index in [0.717, 1.165) is 12.0 Å². The predicted molar refractivity (Wildman–Crippen MR) is 152 cm³/mol. The zero-order valence-electron chi connectivity index (χ0n) is 23.9. The number of anilines is 1. The Morgan fingerprint density at radius 3 is 2.57 bits per heavy atom. The van der Waals surface area contributed by atoms with Crippen molar-refractivity contribution >= 4 is 29.8 Å². The van der Waals surface area contributed by atoms with E-state index in [-0.39, 0.29) is 44.2 Å². The van der Waals surface area contributed by atoms with Gasteiger partial charge in [0.05, 0.1) is 18.7 Å². The van der Waals surface area contributed by atoms with Gasteiger partial charge in [0, 0.05) is 25.2 Å². The number of nitrogens with one attached hydrogen (secondary N) is 3. The highest BCUT2D eigenvalue weighted by Gasteiger charge is 2.36. The monoisotopic (exact) mass is 585 g/mol. The average Bonchev–Trinajstić information content (AvgIpc) is 3.37. The van der Waals surface area contributed by atoms with E-state index in [0.29, 0.717) is 25.2 Å². The van der Waals surface area contributed by atoms with Crippen LogP contribution >= 0.6 is 0 Å². The van der Waals surface area contributed by atoms with Gasteiger partial charge in [-0.15, -0.1) is 5.06 Å². The Balaban J connectivity index is 1.49. The molecule has 0 aliphatic carbocycles. The number of pyridine rings is 1. The molecule has 1 aliphatic rings. The second-order valence-corrected chi connectivity index (χ2v) is 10.0. The normalized spacial score (nSPS) is 18.0. The molecular weight excluding hydrogens is 546 g/mol. The van der Waals surface area contributed by atoms with Crippen molar-refractivity contribution in [2.75, 3.05) is 31.6 Å². The van der Waals surface area contributed by atoms with E-state index in [2.05, 4.69) is 20.9 Å². The number of carboxylic acid groups (broad SMARTS) is 1. The van der Waals surface area contributed by atoms with Crippen molar-refractivity contribution in [3.8, 4) is 0 Å². The maximum atomic E-state index is 12.4. The molecule has 13 heteroatoms. The number of hydrogen-bond acceptors (Lipinski definition) is 10. The fourth-order valence-corrected chi connectivity index (χ4v) is 4.33. The van der Waals surface area contributed by atoms with Gasteiger partial charge in [-0.3, -0.25) is 9.59 Å². The van der Waals surface area contributed by atoms with Crippen LogP contribution in [0.25, 0.3) is 0 Å². The van der Waals surface area contributed by atoms with Gasteiger partial charge in [-0.2, -0.15) is 0 Å². The molecule has 13 nitrogen and oxygen atoms in total. The Bertz CT molecular complexity index is 1150. The first-order valence-corrected chi connectivity index (χ1v) is 14.0. The van der Waals surface area contributed by atoms with Crippen molar-refractivity contribution in [2.24, 2.45) is 5.92 Å². The fourth-order valence-electron chi connectivity index (χ4n) is 4.33. The highest BCUT2D eigenvalue weighted by molar-refractivity contribution is 5.85. The van der Waals surface area contributed by atoms with E-state index in [1.54, 1.807) is 19.2 Å². The van der Waals surface area contributed by atoms with Crippen LogP contribution in [0.4, 0.5) is 10.6 Å². The van der Waals surface area contributed by atoms with E-state index < -0.39 is 30.2 Å². The minimum Gasteiger partial charge on any atom is -0.480 e. The van der Waals surface area contributed by atoms with Crippen LogP contribution in [0.5, 0.6) is 0 Å². The summed E-state index contributed by atoms with van der Waals surface area (Å²) in [7, 11) is 0. The Hall–Kier alpha value is -4.23. The standard InChI is InChI=1S/C29H39N5O8/c1-3-9-20(2)27(36)33-24(28(37)38)16-32-26(35)19-40-23-14-22(15-31-25-12-7-8-13-30-25)34(17-23)42-29(39)41-18-21-10-5-4-6-11-21/h4-8,10-13,20,22-24H,3,9,14-19H2,1-2H3,(H,30,31)(H,32,35)(H,33,36)(H,37,38). The molecule has 0 bridgehead atoms. The lowest BCUT2D eigenvalue weighted by atomic mass is 10.1. The van der Waals surface area contributed by atoms with Crippen LogP contribution in [0.3, 0.4) is 0 Å². The van der Waals surface area contributed by atoms with Crippen molar-refractivity contribution in [1.29, 1.82) is 0 Å². The quantitative estimate of drug-likeness (QED) is 0.213. The number of benzene rings is 1. The number of carbonyl (C=O) groups is 4. The molecule has 2 aromatic rings. The number of ether oxygens (including phenoxy) is 2. The second-order valence-electron chi connectivity index (χ2n) is 10.0. The highest BCUT2D eigenvalue weighted by atomic mass is 16.8. The molecule has 1 saturated heterocycles. The number of hydroxylamine groups is 2. The summed E-state index contributed by atoms with van der Waals surface area (Å²) < 4.78 is 11.0. The zero-order chi connectivity index (χ0) is 30.3. The van der Waals surface area contributed by atoms with Gasteiger partial charge in [0.15, 0.2) is 0 Å². The highest BCUT2D eigenvalue weighted by Crippen LogP contribution is 2.22. The zero-order valence-corrected chi connectivity index (χ0v) is 23.9. The van der Waals surface area contributed by atoms with E-state index in [9.17, 15) is 24.3 Å². The van der Waals surface area contributed by atoms with Crippen LogP contribution in [-0.2, 0) is 35.3 Å². The summed E-state index contributed by atoms with van der Waals surface area (Å²) >= 11 is 0. The van der Waals surface area contributed by atoms with E-state index >= 15 is 0 Å². The second kappa shape index (κ2) is 16.9. The lowest BCUT2D eigenvalue weighted by molar-refractivity contribution is -0.144. The number of amides is 2. The number of hydrogen-bond donors (Lipinski definition) is 4. The molecule has 2 heterocycles. The van der Waals surface area contributed by atoms with Gasteiger partial charge in [0.25, 0.3) is 0 Å². The fraction of sp³-hybridized carbons (Fsp3) is 0.483. The molecule has 42 heavy (non-hydrogen) atoms. The molecule has 228 valence electrons. The van der Waals surface area contributed by atoms with Gasteiger partial charge >= 0.3 is 12.1 Å².